The number of halogens is 3. The van der Waals surface area contributed by atoms with Crippen LogP contribution in [0.1, 0.15) is 25.0 Å². The van der Waals surface area contributed by atoms with E-state index in [-0.39, 0.29) is 9.20 Å². The molecule has 5 aromatic rings. The third-order valence-corrected chi connectivity index (χ3v) is 8.33. The maximum Gasteiger partial charge on any atom is 0.418 e. The first-order valence-corrected chi connectivity index (χ1v) is 15.5. The number of benzene rings is 4. The molecule has 0 fully saturated rings. The Labute approximate surface area is 272 Å². The first-order valence-electron chi connectivity index (χ1n) is 14.7. The molecule has 1 aromatic heterocycles. The highest BCUT2D eigenvalue weighted by Gasteiger charge is 2.34. The van der Waals surface area contributed by atoms with E-state index in [1.807, 2.05) is 50.2 Å². The van der Waals surface area contributed by atoms with Crippen LogP contribution in [0.5, 0.6) is 11.5 Å². The van der Waals surface area contributed by atoms with Crippen LogP contribution in [0, 0.1) is 11.3 Å². The summed E-state index contributed by atoms with van der Waals surface area (Å²) in [6.07, 6.45) is -3.27. The van der Waals surface area contributed by atoms with Crippen LogP contribution in [0.4, 0.5) is 24.5 Å². The molecule has 7 nitrogen and oxygen atoms in total. The van der Waals surface area contributed by atoms with Gasteiger partial charge < -0.3 is 15.0 Å². The SMILES string of the molecule is CCN(CC)c1ccc(/C=c2\s/c(=C(\C#N)C(=O)Nc3ccc(Oc4ccccc4)cc3)n(-c3ccccc3C(F)(F)F)c2=O)cc1. The van der Waals surface area contributed by atoms with Crippen molar-refractivity contribution >= 4 is 40.3 Å². The first-order chi connectivity index (χ1) is 22.6. The summed E-state index contributed by atoms with van der Waals surface area (Å²) in [4.78, 5) is 29.4. The topological polar surface area (TPSA) is 87.4 Å². The smallest absolute Gasteiger partial charge is 0.418 e. The van der Waals surface area contributed by atoms with Crippen molar-refractivity contribution in [1.29, 1.82) is 5.26 Å². The number of nitriles is 1. The Morgan fingerprint density at radius 3 is 2.15 bits per heavy atom. The van der Waals surface area contributed by atoms with Crippen molar-refractivity contribution in [3.63, 3.8) is 0 Å². The van der Waals surface area contributed by atoms with Gasteiger partial charge in [0.15, 0.2) is 5.57 Å². The van der Waals surface area contributed by atoms with Gasteiger partial charge in [0.05, 0.1) is 15.8 Å². The molecule has 0 unspecified atom stereocenters. The second-order valence-corrected chi connectivity index (χ2v) is 11.2. The summed E-state index contributed by atoms with van der Waals surface area (Å²) in [6.45, 7) is 5.68. The normalized spacial score (nSPS) is 12.3. The fourth-order valence-electron chi connectivity index (χ4n) is 4.92. The molecule has 0 bridgehead atoms. The predicted octanol–water partition coefficient (Wildman–Crippen LogP) is 6.70. The number of nitrogens with one attached hydrogen (secondary N) is 1. The van der Waals surface area contributed by atoms with Crippen molar-refractivity contribution in [2.75, 3.05) is 23.3 Å². The lowest BCUT2D eigenvalue weighted by atomic mass is 10.1. The second-order valence-electron chi connectivity index (χ2n) is 10.2. The number of thiazole rings is 1. The average Bonchev–Trinajstić information content (AvgIpc) is 3.38. The molecule has 4 aromatic carbocycles. The summed E-state index contributed by atoms with van der Waals surface area (Å²) in [6, 6.07) is 29.2. The first kappa shape index (κ1) is 32.8. The van der Waals surface area contributed by atoms with E-state index in [0.717, 1.165) is 46.8 Å². The second kappa shape index (κ2) is 14.2. The number of carbonyl (C=O) groups excluding carboxylic acids is 1. The molecular weight excluding hydrogens is 625 g/mol. The van der Waals surface area contributed by atoms with E-state index in [0.29, 0.717) is 22.7 Å². The number of aromatic nitrogens is 1. The summed E-state index contributed by atoms with van der Waals surface area (Å²) >= 11 is 0.767. The van der Waals surface area contributed by atoms with Gasteiger partial charge in [-0.3, -0.25) is 14.2 Å². The predicted molar refractivity (Wildman–Crippen MR) is 178 cm³/mol. The monoisotopic (exact) mass is 654 g/mol. The molecule has 0 atom stereocenters. The van der Waals surface area contributed by atoms with Gasteiger partial charge in [0, 0.05) is 24.5 Å². The Hall–Kier alpha value is -5.60. The number of carbonyl (C=O) groups is 1. The van der Waals surface area contributed by atoms with Gasteiger partial charge >= 0.3 is 6.18 Å². The van der Waals surface area contributed by atoms with Gasteiger partial charge in [0.25, 0.3) is 11.5 Å². The highest BCUT2D eigenvalue weighted by molar-refractivity contribution is 7.07. The van der Waals surface area contributed by atoms with E-state index >= 15 is 0 Å². The minimum atomic E-state index is -4.81. The Bertz CT molecular complexity index is 2100. The average molecular weight is 655 g/mol. The Kier molecular flexibility index (Phi) is 9.92. The van der Waals surface area contributed by atoms with Crippen molar-refractivity contribution in [2.24, 2.45) is 0 Å². The lowest BCUT2D eigenvalue weighted by Gasteiger charge is -2.20. The number of hydrogen-bond acceptors (Lipinski definition) is 6. The van der Waals surface area contributed by atoms with E-state index in [1.165, 1.54) is 18.2 Å². The number of hydrogen-bond donors (Lipinski definition) is 1. The standard InChI is InChI=1S/C36H29F3N4O3S/c1-3-42(4-2)26-18-14-24(15-19-26)22-32-34(45)43(31-13-9-8-12-30(31)36(37,38)39)35(47-32)29(23-40)33(44)41-25-16-20-28(21-17-25)46-27-10-6-5-7-11-27/h5-22H,3-4H2,1-2H3,(H,41,44)/b32-22-,35-29+. The number of amides is 1. The van der Waals surface area contributed by atoms with Crippen molar-refractivity contribution in [3.8, 4) is 23.3 Å². The Morgan fingerprint density at radius 2 is 1.53 bits per heavy atom. The van der Waals surface area contributed by atoms with Gasteiger partial charge in [-0.2, -0.15) is 18.4 Å². The van der Waals surface area contributed by atoms with E-state index in [1.54, 1.807) is 48.5 Å². The van der Waals surface area contributed by atoms with Gasteiger partial charge in [-0.1, -0.05) is 42.5 Å². The van der Waals surface area contributed by atoms with Crippen LogP contribution in [-0.2, 0) is 11.0 Å². The van der Waals surface area contributed by atoms with E-state index < -0.39 is 34.5 Å². The minimum Gasteiger partial charge on any atom is -0.457 e. The van der Waals surface area contributed by atoms with Crippen LogP contribution in [0.3, 0.4) is 0 Å². The maximum absolute atomic E-state index is 14.1. The van der Waals surface area contributed by atoms with Crippen LogP contribution in [0.25, 0.3) is 17.3 Å². The molecule has 5 rings (SSSR count). The quantitative estimate of drug-likeness (QED) is 0.191. The highest BCUT2D eigenvalue weighted by atomic mass is 32.1. The molecule has 1 N–H and O–H groups in total. The zero-order valence-corrected chi connectivity index (χ0v) is 26.2. The van der Waals surface area contributed by atoms with Crippen molar-refractivity contribution in [2.45, 2.75) is 20.0 Å². The van der Waals surface area contributed by atoms with E-state index in [4.69, 9.17) is 4.74 Å². The Balaban J connectivity index is 1.60. The number of anilines is 2. The molecule has 0 saturated heterocycles. The molecule has 0 aliphatic heterocycles. The lowest BCUT2D eigenvalue weighted by molar-refractivity contribution is -0.137. The molecule has 1 amide bonds. The van der Waals surface area contributed by atoms with E-state index in [2.05, 4.69) is 10.2 Å². The number of ether oxygens (including phenoxy) is 1. The molecule has 47 heavy (non-hydrogen) atoms. The van der Waals surface area contributed by atoms with Crippen LogP contribution in [0.15, 0.2) is 108 Å². The number of para-hydroxylation sites is 2. The summed E-state index contributed by atoms with van der Waals surface area (Å²) in [5.74, 6) is 0.227. The molecule has 0 aliphatic rings. The number of nitrogens with zero attached hydrogens (tertiary/aromatic N) is 3. The van der Waals surface area contributed by atoms with Gasteiger partial charge in [0.1, 0.15) is 22.2 Å². The molecule has 11 heteroatoms. The zero-order valence-electron chi connectivity index (χ0n) is 25.4. The van der Waals surface area contributed by atoms with Crippen LogP contribution < -0.4 is 29.7 Å². The van der Waals surface area contributed by atoms with Crippen molar-refractivity contribution in [3.05, 3.63) is 134 Å². The highest BCUT2D eigenvalue weighted by Crippen LogP contribution is 2.33. The van der Waals surface area contributed by atoms with Gasteiger partial charge in [-0.25, -0.2) is 0 Å². The molecule has 1 heterocycles. The largest absolute Gasteiger partial charge is 0.457 e. The summed E-state index contributed by atoms with van der Waals surface area (Å²) in [7, 11) is 0. The summed E-state index contributed by atoms with van der Waals surface area (Å²) in [5, 5.41) is 12.8. The van der Waals surface area contributed by atoms with Gasteiger partial charge in [-0.15, -0.1) is 11.3 Å². The number of rotatable bonds is 9. The van der Waals surface area contributed by atoms with E-state index in [9.17, 15) is 28.0 Å². The van der Waals surface area contributed by atoms with Crippen molar-refractivity contribution in [1.82, 2.24) is 4.57 Å². The van der Waals surface area contributed by atoms with Gasteiger partial charge in [0.2, 0.25) is 0 Å². The molecule has 0 saturated carbocycles. The molecule has 0 radical (unpaired) electrons. The van der Waals surface area contributed by atoms with Crippen LogP contribution in [-0.4, -0.2) is 23.6 Å². The third-order valence-electron chi connectivity index (χ3n) is 7.24. The molecule has 238 valence electrons. The summed E-state index contributed by atoms with van der Waals surface area (Å²) in [5.41, 5.74) is -0.972. The van der Waals surface area contributed by atoms with Gasteiger partial charge in [-0.05, 0) is 86.2 Å². The van der Waals surface area contributed by atoms with Crippen LogP contribution >= 0.6 is 11.3 Å². The fourth-order valence-corrected chi connectivity index (χ4v) is 6.01. The minimum absolute atomic E-state index is 0.0514. The summed E-state index contributed by atoms with van der Waals surface area (Å²) < 4.78 is 48.8. The Morgan fingerprint density at radius 1 is 0.915 bits per heavy atom. The third kappa shape index (κ3) is 7.45. The lowest BCUT2D eigenvalue weighted by Crippen LogP contribution is -2.33. The molecule has 0 aliphatic carbocycles. The fraction of sp³-hybridized carbons (Fsp3) is 0.139. The zero-order chi connectivity index (χ0) is 33.6. The maximum atomic E-state index is 14.1. The molecule has 0 spiro atoms. The number of alkyl halides is 3. The van der Waals surface area contributed by atoms with Crippen molar-refractivity contribution < 1.29 is 22.7 Å². The van der Waals surface area contributed by atoms with Crippen LogP contribution in [0.2, 0.25) is 0 Å². The molecular formula is C36H29F3N4O3S.